The number of hydrogen-bond acceptors (Lipinski definition) is 1. The average Bonchev–Trinajstić information content (AvgIpc) is 2.75. The normalized spacial score (nSPS) is 19.0. The Balaban J connectivity index is 2.00. The summed E-state index contributed by atoms with van der Waals surface area (Å²) in [6.45, 7) is 0. The molecule has 8 heteroatoms. The smallest absolute Gasteiger partial charge is 0.389 e. The van der Waals surface area contributed by atoms with Crippen molar-refractivity contribution in [2.24, 2.45) is 0 Å². The van der Waals surface area contributed by atoms with Gasteiger partial charge in [-0.1, -0.05) is 11.6 Å². The summed E-state index contributed by atoms with van der Waals surface area (Å²) in [6.07, 6.45) is 1.22. The molecule has 1 aliphatic carbocycles. The first-order valence-electron chi connectivity index (χ1n) is 6.34. The van der Waals surface area contributed by atoms with E-state index in [-0.39, 0.29) is 5.02 Å². The zero-order valence-corrected chi connectivity index (χ0v) is 12.4. The Morgan fingerprint density at radius 1 is 1.33 bits per heavy atom. The predicted molar refractivity (Wildman–Crippen MR) is 71.8 cm³/mol. The monoisotopic (exact) mass is 335 g/mol. The van der Waals surface area contributed by atoms with Crippen molar-refractivity contribution in [3.05, 3.63) is 34.2 Å². The molecule has 1 atom stereocenters. The second kappa shape index (κ2) is 5.30. The number of H-pyrrole nitrogens is 1. The predicted octanol–water partition coefficient (Wildman–Crippen LogP) is 4.49. The van der Waals surface area contributed by atoms with E-state index in [1.807, 2.05) is 0 Å². The van der Waals surface area contributed by atoms with Gasteiger partial charge in [0.25, 0.3) is 0 Å². The molecular weight excluding hydrogens is 326 g/mol. The van der Waals surface area contributed by atoms with E-state index in [0.29, 0.717) is 35.9 Å². The van der Waals surface area contributed by atoms with Gasteiger partial charge in [0, 0.05) is 11.1 Å². The van der Waals surface area contributed by atoms with Crippen molar-refractivity contribution in [1.82, 2.24) is 4.98 Å². The Bertz CT molecular complexity index is 685. The van der Waals surface area contributed by atoms with Crippen LogP contribution in [0.1, 0.15) is 30.2 Å². The van der Waals surface area contributed by atoms with Crippen LogP contribution in [-0.2, 0) is 10.8 Å². The fourth-order valence-electron chi connectivity index (χ4n) is 2.70. The molecule has 0 saturated heterocycles. The molecular formula is C13H10ClF4NOSi. The molecule has 1 aromatic heterocycles. The van der Waals surface area contributed by atoms with Crippen LogP contribution in [0.3, 0.4) is 0 Å². The molecule has 3 rings (SSSR count). The van der Waals surface area contributed by atoms with E-state index in [1.165, 1.54) is 12.1 Å². The van der Waals surface area contributed by atoms with E-state index >= 15 is 0 Å². The van der Waals surface area contributed by atoms with Gasteiger partial charge in [-0.05, 0) is 37.0 Å². The zero-order chi connectivity index (χ0) is 15.2. The fraction of sp³-hybridized carbons (Fsp3) is 0.385. The molecule has 2 aromatic rings. The van der Waals surface area contributed by atoms with Gasteiger partial charge in [0.1, 0.15) is 5.82 Å². The molecule has 21 heavy (non-hydrogen) atoms. The third-order valence-corrected chi connectivity index (χ3v) is 4.43. The highest BCUT2D eigenvalue weighted by Gasteiger charge is 2.34. The Labute approximate surface area is 125 Å². The quantitative estimate of drug-likeness (QED) is 0.634. The van der Waals surface area contributed by atoms with Crippen LogP contribution in [0.5, 0.6) is 0 Å². The number of alkyl halides is 3. The minimum atomic E-state index is -4.34. The third kappa shape index (κ3) is 2.95. The molecule has 1 N–H and O–H groups in total. The number of aromatic nitrogens is 1. The number of aryl methyl sites for hydroxylation is 1. The molecule has 0 fully saturated rings. The van der Waals surface area contributed by atoms with Gasteiger partial charge in [-0.15, -0.1) is 0 Å². The largest absolute Gasteiger partial charge is 0.401 e. The number of benzene rings is 1. The lowest BCUT2D eigenvalue weighted by Gasteiger charge is -2.23. The first-order valence-corrected chi connectivity index (χ1v) is 7.63. The number of fused-ring (bicyclic) bond motifs is 3. The molecule has 0 aliphatic heterocycles. The Morgan fingerprint density at radius 2 is 2.10 bits per heavy atom. The van der Waals surface area contributed by atoms with E-state index in [9.17, 15) is 17.6 Å². The van der Waals surface area contributed by atoms with Crippen LogP contribution in [-0.4, -0.2) is 20.5 Å². The van der Waals surface area contributed by atoms with E-state index in [1.54, 1.807) is 0 Å². The number of nitrogens with one attached hydrogen (secondary N) is 1. The summed E-state index contributed by atoms with van der Waals surface area (Å²) >= 11 is 5.99. The van der Waals surface area contributed by atoms with Crippen LogP contribution in [0.4, 0.5) is 17.6 Å². The third-order valence-electron chi connectivity index (χ3n) is 3.50. The summed E-state index contributed by atoms with van der Waals surface area (Å²) in [5.41, 5.74) is 1.93. The number of rotatable bonds is 2. The summed E-state index contributed by atoms with van der Waals surface area (Å²) < 4.78 is 55.4. The minimum Gasteiger partial charge on any atom is -0.401 e. The van der Waals surface area contributed by atoms with Crippen LogP contribution in [0.2, 0.25) is 5.02 Å². The van der Waals surface area contributed by atoms with Crippen molar-refractivity contribution in [3.63, 3.8) is 0 Å². The maximum absolute atomic E-state index is 13.5. The van der Waals surface area contributed by atoms with Crippen molar-refractivity contribution in [1.29, 1.82) is 0 Å². The van der Waals surface area contributed by atoms with Gasteiger partial charge in [0.05, 0.1) is 16.6 Å². The Kier molecular flexibility index (Phi) is 3.75. The molecule has 0 spiro atoms. The molecule has 1 aliphatic rings. The molecule has 1 heterocycles. The second-order valence-electron chi connectivity index (χ2n) is 4.93. The molecule has 0 amide bonds. The average molecular weight is 336 g/mol. The van der Waals surface area contributed by atoms with E-state index < -0.39 is 27.5 Å². The summed E-state index contributed by atoms with van der Waals surface area (Å²) in [4.78, 5) is 3.01. The van der Waals surface area contributed by atoms with E-state index in [0.717, 1.165) is 5.56 Å². The van der Waals surface area contributed by atoms with Crippen molar-refractivity contribution in [2.75, 3.05) is 0 Å². The van der Waals surface area contributed by atoms with E-state index in [4.69, 9.17) is 16.0 Å². The van der Waals surface area contributed by atoms with Gasteiger partial charge in [-0.25, -0.2) is 4.39 Å². The SMILES string of the molecule is Fc1cc(Cl)c2[nH]c3c(c2c1)CCCC3O[Si]C(F)(F)F. The molecule has 2 nitrogen and oxygen atoms in total. The van der Waals surface area contributed by atoms with Crippen LogP contribution < -0.4 is 0 Å². The summed E-state index contributed by atoms with van der Waals surface area (Å²) in [5, 5.41) is 0.843. The van der Waals surface area contributed by atoms with Crippen LogP contribution in [0, 0.1) is 5.82 Å². The van der Waals surface area contributed by atoms with Gasteiger partial charge in [0.2, 0.25) is 0 Å². The van der Waals surface area contributed by atoms with Crippen LogP contribution in [0.25, 0.3) is 10.9 Å². The maximum atomic E-state index is 13.5. The number of hydrogen-bond donors (Lipinski definition) is 1. The van der Waals surface area contributed by atoms with E-state index in [2.05, 4.69) is 4.98 Å². The summed E-state index contributed by atoms with van der Waals surface area (Å²) in [7, 11) is -1.56. The summed E-state index contributed by atoms with van der Waals surface area (Å²) in [6, 6.07) is 2.53. The van der Waals surface area contributed by atoms with Gasteiger partial charge in [-0.3, -0.25) is 0 Å². The highest BCUT2D eigenvalue weighted by molar-refractivity contribution is 6.35. The number of aromatic amines is 1. The van der Waals surface area contributed by atoms with Gasteiger partial charge >= 0.3 is 15.6 Å². The minimum absolute atomic E-state index is 0.219. The fourth-order valence-corrected chi connectivity index (χ4v) is 3.47. The lowest BCUT2D eigenvalue weighted by atomic mass is 9.93. The first-order chi connectivity index (χ1) is 9.85. The Morgan fingerprint density at radius 3 is 2.81 bits per heavy atom. The van der Waals surface area contributed by atoms with Gasteiger partial charge in [-0.2, -0.15) is 13.2 Å². The molecule has 0 bridgehead atoms. The van der Waals surface area contributed by atoms with Crippen LogP contribution in [0.15, 0.2) is 12.1 Å². The summed E-state index contributed by atoms with van der Waals surface area (Å²) in [5.74, 6) is -4.80. The highest BCUT2D eigenvalue weighted by Crippen LogP contribution is 2.39. The van der Waals surface area contributed by atoms with Crippen molar-refractivity contribution in [2.45, 2.75) is 31.2 Å². The molecule has 1 unspecified atom stereocenters. The standard InChI is InChI=1S/C13H10ClF4NOSi/c14-9-5-6(15)4-8-7-2-1-3-10(12(7)19-11(8)9)20-21-13(16,17)18/h4-5,10,19H,1-3H2. The van der Waals surface area contributed by atoms with Crippen LogP contribution >= 0.6 is 11.6 Å². The second-order valence-corrected chi connectivity index (χ2v) is 6.34. The highest BCUT2D eigenvalue weighted by atomic mass is 35.5. The molecule has 1 aromatic carbocycles. The van der Waals surface area contributed by atoms with Crippen molar-refractivity contribution < 1.29 is 22.0 Å². The Hall–Kier alpha value is -1.05. The van der Waals surface area contributed by atoms with Crippen molar-refractivity contribution in [3.8, 4) is 0 Å². The molecule has 112 valence electrons. The zero-order valence-electron chi connectivity index (χ0n) is 10.7. The van der Waals surface area contributed by atoms with Gasteiger partial charge in [0.15, 0.2) is 0 Å². The lowest BCUT2D eigenvalue weighted by Crippen LogP contribution is -2.25. The first kappa shape index (κ1) is 14.9. The molecule has 2 radical (unpaired) electrons. The van der Waals surface area contributed by atoms with Gasteiger partial charge < -0.3 is 9.41 Å². The van der Waals surface area contributed by atoms with Crippen molar-refractivity contribution >= 4 is 32.3 Å². The molecule has 0 saturated carbocycles. The maximum Gasteiger partial charge on any atom is 0.389 e. The number of halogens is 5. The topological polar surface area (TPSA) is 25.0 Å². The lowest BCUT2D eigenvalue weighted by molar-refractivity contribution is -0.0642.